The number of benzene rings is 1. The van der Waals surface area contributed by atoms with Gasteiger partial charge in [-0.1, -0.05) is 29.8 Å². The minimum absolute atomic E-state index is 0.304. The average molecular weight is 293 g/mol. The Hall–Kier alpha value is -1.15. The molecule has 100 valence electrons. The standard InChI is InChI=1S/C10H13ClN2O4S/c1-13(6-10(14)12-15)18(16,17)7-8-4-2-3-5-9(8)11/h2-5,15H,6-7H2,1H3,(H,12,14). The summed E-state index contributed by atoms with van der Waals surface area (Å²) in [6, 6.07) is 6.56. The smallest absolute Gasteiger partial charge is 0.258 e. The summed E-state index contributed by atoms with van der Waals surface area (Å²) in [4.78, 5) is 10.9. The van der Waals surface area contributed by atoms with Gasteiger partial charge in [-0.05, 0) is 11.6 Å². The Bertz CT molecular complexity index is 532. The molecule has 0 saturated carbocycles. The fourth-order valence-corrected chi connectivity index (χ4v) is 2.72. The van der Waals surface area contributed by atoms with E-state index in [1.165, 1.54) is 12.5 Å². The number of carbonyl (C=O) groups excluding carboxylic acids is 1. The van der Waals surface area contributed by atoms with E-state index in [-0.39, 0.29) is 5.75 Å². The third-order valence-corrected chi connectivity index (χ3v) is 4.38. The number of carbonyl (C=O) groups is 1. The van der Waals surface area contributed by atoms with E-state index in [1.807, 2.05) is 0 Å². The molecule has 2 N–H and O–H groups in total. The van der Waals surface area contributed by atoms with Crippen LogP contribution in [0.15, 0.2) is 24.3 Å². The minimum atomic E-state index is -3.66. The van der Waals surface area contributed by atoms with Gasteiger partial charge in [0, 0.05) is 12.1 Å². The molecule has 0 saturated heterocycles. The molecule has 6 nitrogen and oxygen atoms in total. The zero-order chi connectivity index (χ0) is 13.8. The van der Waals surface area contributed by atoms with Crippen molar-refractivity contribution in [3.05, 3.63) is 34.9 Å². The lowest BCUT2D eigenvalue weighted by Crippen LogP contribution is -2.37. The number of nitrogens with one attached hydrogen (secondary N) is 1. The van der Waals surface area contributed by atoms with E-state index in [0.29, 0.717) is 10.6 Å². The highest BCUT2D eigenvalue weighted by molar-refractivity contribution is 7.88. The van der Waals surface area contributed by atoms with Gasteiger partial charge in [0.2, 0.25) is 10.0 Å². The summed E-state index contributed by atoms with van der Waals surface area (Å²) in [5, 5.41) is 8.69. The summed E-state index contributed by atoms with van der Waals surface area (Å²) in [5.41, 5.74) is 1.83. The van der Waals surface area contributed by atoms with Crippen molar-refractivity contribution >= 4 is 27.5 Å². The quantitative estimate of drug-likeness (QED) is 0.615. The first-order valence-electron chi connectivity index (χ1n) is 4.97. The molecule has 0 fully saturated rings. The molecule has 0 aliphatic rings. The zero-order valence-electron chi connectivity index (χ0n) is 9.63. The third kappa shape index (κ3) is 3.95. The average Bonchev–Trinajstić information content (AvgIpc) is 2.31. The van der Waals surface area contributed by atoms with Crippen LogP contribution in [0.25, 0.3) is 0 Å². The second-order valence-corrected chi connectivity index (χ2v) is 6.12. The first-order valence-corrected chi connectivity index (χ1v) is 6.96. The maximum atomic E-state index is 11.9. The molecule has 0 spiro atoms. The zero-order valence-corrected chi connectivity index (χ0v) is 11.2. The van der Waals surface area contributed by atoms with Crippen LogP contribution in [-0.4, -0.2) is 37.4 Å². The normalized spacial score (nSPS) is 11.6. The Labute approximate surface area is 110 Å². The molecular weight excluding hydrogens is 280 g/mol. The van der Waals surface area contributed by atoms with Gasteiger partial charge in [0.1, 0.15) is 0 Å². The maximum absolute atomic E-state index is 11.9. The molecule has 0 unspecified atom stereocenters. The Morgan fingerprint density at radius 2 is 2.06 bits per heavy atom. The van der Waals surface area contributed by atoms with Crippen molar-refractivity contribution in [3.8, 4) is 0 Å². The highest BCUT2D eigenvalue weighted by atomic mass is 35.5. The number of halogens is 1. The minimum Gasteiger partial charge on any atom is -0.289 e. The monoisotopic (exact) mass is 292 g/mol. The lowest BCUT2D eigenvalue weighted by molar-refractivity contribution is -0.129. The van der Waals surface area contributed by atoms with E-state index in [1.54, 1.807) is 24.3 Å². The largest absolute Gasteiger partial charge is 0.289 e. The summed E-state index contributed by atoms with van der Waals surface area (Å²) in [5.74, 6) is -1.11. The predicted molar refractivity (Wildman–Crippen MR) is 66.6 cm³/mol. The van der Waals surface area contributed by atoms with Crippen molar-refractivity contribution in [2.24, 2.45) is 0 Å². The highest BCUT2D eigenvalue weighted by Gasteiger charge is 2.21. The molecule has 8 heteroatoms. The van der Waals surface area contributed by atoms with Gasteiger partial charge in [0.25, 0.3) is 5.91 Å². The van der Waals surface area contributed by atoms with Gasteiger partial charge in [-0.3, -0.25) is 10.0 Å². The number of rotatable bonds is 5. The van der Waals surface area contributed by atoms with Crippen LogP contribution in [0.5, 0.6) is 0 Å². The molecular formula is C10H13ClN2O4S. The molecule has 0 radical (unpaired) electrons. The summed E-state index contributed by atoms with van der Waals surface area (Å²) in [7, 11) is -2.41. The summed E-state index contributed by atoms with van der Waals surface area (Å²) < 4.78 is 24.7. The second kappa shape index (κ2) is 6.14. The Morgan fingerprint density at radius 3 is 2.61 bits per heavy atom. The molecule has 0 aliphatic heterocycles. The summed E-state index contributed by atoms with van der Waals surface area (Å²) in [6.45, 7) is -0.455. The van der Waals surface area contributed by atoms with Crippen molar-refractivity contribution in [2.45, 2.75) is 5.75 Å². The summed E-state index contributed by atoms with van der Waals surface area (Å²) >= 11 is 5.87. The molecule has 0 aromatic heterocycles. The van der Waals surface area contributed by atoms with Gasteiger partial charge in [-0.15, -0.1) is 0 Å². The third-order valence-electron chi connectivity index (χ3n) is 2.26. The van der Waals surface area contributed by atoms with E-state index in [9.17, 15) is 13.2 Å². The van der Waals surface area contributed by atoms with Gasteiger partial charge in [-0.2, -0.15) is 4.31 Å². The molecule has 1 amide bonds. The molecule has 1 rings (SSSR count). The van der Waals surface area contributed by atoms with Crippen molar-refractivity contribution in [1.29, 1.82) is 0 Å². The number of hydroxylamine groups is 1. The van der Waals surface area contributed by atoms with Crippen molar-refractivity contribution in [2.75, 3.05) is 13.6 Å². The van der Waals surface area contributed by atoms with Crippen LogP contribution in [0.2, 0.25) is 5.02 Å². The van der Waals surface area contributed by atoms with E-state index >= 15 is 0 Å². The Balaban J connectivity index is 2.82. The molecule has 0 bridgehead atoms. The molecule has 0 atom stereocenters. The molecule has 1 aromatic rings. The summed E-state index contributed by atoms with van der Waals surface area (Å²) in [6.07, 6.45) is 0. The van der Waals surface area contributed by atoms with Crippen LogP contribution in [0.1, 0.15) is 5.56 Å². The Kier molecular flexibility index (Phi) is 5.09. The topological polar surface area (TPSA) is 86.7 Å². The number of sulfonamides is 1. The van der Waals surface area contributed by atoms with E-state index in [2.05, 4.69) is 0 Å². The first-order chi connectivity index (χ1) is 8.36. The van der Waals surface area contributed by atoms with Gasteiger partial charge < -0.3 is 0 Å². The number of amides is 1. The lowest BCUT2D eigenvalue weighted by atomic mass is 10.2. The number of hydrogen-bond acceptors (Lipinski definition) is 4. The lowest BCUT2D eigenvalue weighted by Gasteiger charge is -2.16. The van der Waals surface area contributed by atoms with Gasteiger partial charge in [0.05, 0.1) is 12.3 Å². The molecule has 0 heterocycles. The van der Waals surface area contributed by atoms with E-state index < -0.39 is 22.5 Å². The SMILES string of the molecule is CN(CC(=O)NO)S(=O)(=O)Cc1ccccc1Cl. The molecule has 1 aromatic carbocycles. The fourth-order valence-electron chi connectivity index (χ4n) is 1.26. The first kappa shape index (κ1) is 14.9. The second-order valence-electron chi connectivity index (χ2n) is 3.64. The van der Waals surface area contributed by atoms with Crippen LogP contribution in [0, 0.1) is 0 Å². The van der Waals surface area contributed by atoms with Crippen LogP contribution in [0.4, 0.5) is 0 Å². The highest BCUT2D eigenvalue weighted by Crippen LogP contribution is 2.18. The molecule has 18 heavy (non-hydrogen) atoms. The number of likely N-dealkylation sites (N-methyl/N-ethyl adjacent to an activating group) is 1. The number of hydrogen-bond donors (Lipinski definition) is 2. The fraction of sp³-hybridized carbons (Fsp3) is 0.300. The number of nitrogens with zero attached hydrogens (tertiary/aromatic N) is 1. The van der Waals surface area contributed by atoms with Gasteiger partial charge >= 0.3 is 0 Å². The van der Waals surface area contributed by atoms with Gasteiger partial charge in [-0.25, -0.2) is 13.9 Å². The van der Waals surface area contributed by atoms with Crippen LogP contribution in [0.3, 0.4) is 0 Å². The molecule has 0 aliphatic carbocycles. The van der Waals surface area contributed by atoms with Crippen LogP contribution >= 0.6 is 11.6 Å². The van der Waals surface area contributed by atoms with E-state index in [0.717, 1.165) is 4.31 Å². The van der Waals surface area contributed by atoms with Crippen LogP contribution in [-0.2, 0) is 20.6 Å². The maximum Gasteiger partial charge on any atom is 0.258 e. The van der Waals surface area contributed by atoms with Crippen molar-refractivity contribution in [3.63, 3.8) is 0 Å². The van der Waals surface area contributed by atoms with E-state index in [4.69, 9.17) is 16.8 Å². The Morgan fingerprint density at radius 1 is 1.44 bits per heavy atom. The van der Waals surface area contributed by atoms with Crippen molar-refractivity contribution < 1.29 is 18.4 Å². The van der Waals surface area contributed by atoms with Crippen LogP contribution < -0.4 is 5.48 Å². The van der Waals surface area contributed by atoms with Crippen molar-refractivity contribution in [1.82, 2.24) is 9.79 Å². The van der Waals surface area contributed by atoms with Gasteiger partial charge in [0.15, 0.2) is 0 Å². The predicted octanol–water partition coefficient (Wildman–Crippen LogP) is 0.607.